The minimum atomic E-state index is -0.156. The fourth-order valence-corrected chi connectivity index (χ4v) is 6.27. The van der Waals surface area contributed by atoms with Crippen LogP contribution in [0.15, 0.2) is 91.4 Å². The van der Waals surface area contributed by atoms with Crippen LogP contribution in [0.25, 0.3) is 33.4 Å². The third-order valence-corrected chi connectivity index (χ3v) is 8.54. The number of pyridine rings is 2. The third-order valence-electron chi connectivity index (χ3n) is 8.54. The molecular formula is C35H36N8O. The molecule has 1 aromatic carbocycles. The molecule has 9 nitrogen and oxygen atoms in total. The second-order valence-electron chi connectivity index (χ2n) is 11.7. The highest BCUT2D eigenvalue weighted by atomic mass is 16.2. The number of amides is 2. The van der Waals surface area contributed by atoms with Crippen LogP contribution in [0.2, 0.25) is 0 Å². The summed E-state index contributed by atoms with van der Waals surface area (Å²) >= 11 is 0. The molecule has 2 amide bonds. The first-order valence-corrected chi connectivity index (χ1v) is 15.4. The van der Waals surface area contributed by atoms with Crippen molar-refractivity contribution in [1.29, 1.82) is 0 Å². The Morgan fingerprint density at radius 3 is 2.66 bits per heavy atom. The SMILES string of the molecule is Cc1cc2ncc3cc(-c4ccccc4)c(C4=CCCC(CN5CCC(NC(=O)Nc6ccncc6)CC5)C=C4)nc3n2n1. The average molecular weight is 585 g/mol. The van der Waals surface area contributed by atoms with Gasteiger partial charge in [0.05, 0.1) is 11.4 Å². The molecule has 1 aliphatic carbocycles. The molecule has 0 radical (unpaired) electrons. The Bertz CT molecular complexity index is 1840. The summed E-state index contributed by atoms with van der Waals surface area (Å²) in [5, 5.41) is 11.7. The molecule has 1 atom stereocenters. The van der Waals surface area contributed by atoms with Crippen molar-refractivity contribution in [1.82, 2.24) is 34.8 Å². The Balaban J connectivity index is 1.05. The van der Waals surface area contributed by atoms with Gasteiger partial charge >= 0.3 is 6.03 Å². The van der Waals surface area contributed by atoms with E-state index in [-0.39, 0.29) is 12.1 Å². The van der Waals surface area contributed by atoms with E-state index in [1.165, 1.54) is 0 Å². The molecule has 0 bridgehead atoms. The van der Waals surface area contributed by atoms with Crippen molar-refractivity contribution in [2.75, 3.05) is 25.0 Å². The Labute approximate surface area is 256 Å². The second kappa shape index (κ2) is 12.4. The molecule has 5 aromatic rings. The summed E-state index contributed by atoms with van der Waals surface area (Å²) < 4.78 is 1.86. The van der Waals surface area contributed by atoms with Gasteiger partial charge < -0.3 is 15.5 Å². The van der Waals surface area contributed by atoms with Gasteiger partial charge in [-0.05, 0) is 67.9 Å². The molecule has 5 heterocycles. The van der Waals surface area contributed by atoms with Crippen LogP contribution in [-0.2, 0) is 0 Å². The average Bonchev–Trinajstić information content (AvgIpc) is 3.29. The van der Waals surface area contributed by atoms with E-state index in [4.69, 9.17) is 4.98 Å². The predicted molar refractivity (Wildman–Crippen MR) is 174 cm³/mol. The van der Waals surface area contributed by atoms with Gasteiger partial charge in [0.2, 0.25) is 0 Å². The van der Waals surface area contributed by atoms with E-state index in [1.54, 1.807) is 24.5 Å². The molecule has 7 rings (SSSR count). The van der Waals surface area contributed by atoms with Gasteiger partial charge in [-0.15, -0.1) is 0 Å². The van der Waals surface area contributed by atoms with E-state index in [1.807, 2.05) is 29.8 Å². The summed E-state index contributed by atoms with van der Waals surface area (Å²) in [5.74, 6) is 0.452. The van der Waals surface area contributed by atoms with E-state index < -0.39 is 0 Å². The Hall–Kier alpha value is -4.89. The first-order chi connectivity index (χ1) is 21.6. The number of urea groups is 1. The highest BCUT2D eigenvalue weighted by Crippen LogP contribution is 2.33. The van der Waals surface area contributed by atoms with Crippen LogP contribution in [0.4, 0.5) is 10.5 Å². The Morgan fingerprint density at radius 2 is 1.84 bits per heavy atom. The van der Waals surface area contributed by atoms with E-state index in [0.29, 0.717) is 5.92 Å². The number of aromatic nitrogens is 5. The molecule has 9 heteroatoms. The number of nitrogens with zero attached hydrogens (tertiary/aromatic N) is 6. The number of carbonyl (C=O) groups is 1. The normalized spacial score (nSPS) is 17.8. The molecule has 2 aliphatic rings. The van der Waals surface area contributed by atoms with Crippen molar-refractivity contribution in [3.05, 3.63) is 103 Å². The standard InChI is InChI=1S/C35H36N8O/c1-24-20-32-37-22-28-21-31(26-7-3-2-4-8-26)33(40-34(28)43(32)41-24)27-9-5-6-25(10-11-27)23-42-18-14-30(15-19-42)39-35(44)38-29-12-16-36-17-13-29/h2-4,7-13,16-17,20-22,25,30H,5-6,14-15,18-19,23H2,1H3,(H2,36,38,39,44). The molecule has 222 valence electrons. The van der Waals surface area contributed by atoms with Crippen LogP contribution in [0.1, 0.15) is 37.1 Å². The van der Waals surface area contributed by atoms with Crippen molar-refractivity contribution < 1.29 is 4.79 Å². The highest BCUT2D eigenvalue weighted by Gasteiger charge is 2.23. The lowest BCUT2D eigenvalue weighted by Crippen LogP contribution is -2.46. The molecule has 1 saturated heterocycles. The zero-order chi connectivity index (χ0) is 29.9. The zero-order valence-corrected chi connectivity index (χ0v) is 24.9. The number of allylic oxidation sites excluding steroid dienone is 3. The molecule has 1 fully saturated rings. The van der Waals surface area contributed by atoms with Gasteiger partial charge in [-0.1, -0.05) is 48.6 Å². The third kappa shape index (κ3) is 6.09. The number of rotatable bonds is 6. The maximum atomic E-state index is 12.4. The van der Waals surface area contributed by atoms with E-state index in [9.17, 15) is 4.79 Å². The molecule has 1 aliphatic heterocycles. The number of hydrogen-bond acceptors (Lipinski definition) is 6. The van der Waals surface area contributed by atoms with Crippen LogP contribution in [0.5, 0.6) is 0 Å². The molecule has 2 N–H and O–H groups in total. The predicted octanol–water partition coefficient (Wildman–Crippen LogP) is 6.28. The quantitative estimate of drug-likeness (QED) is 0.244. The minimum absolute atomic E-state index is 0.156. The summed E-state index contributed by atoms with van der Waals surface area (Å²) in [7, 11) is 0. The number of likely N-dealkylation sites (tertiary alicyclic amines) is 1. The van der Waals surface area contributed by atoms with E-state index >= 15 is 0 Å². The molecule has 44 heavy (non-hydrogen) atoms. The Morgan fingerprint density at radius 1 is 1.02 bits per heavy atom. The van der Waals surface area contributed by atoms with Crippen molar-refractivity contribution in [3.8, 4) is 11.1 Å². The summed E-state index contributed by atoms with van der Waals surface area (Å²) in [4.78, 5) is 28.8. The number of aryl methyl sites for hydroxylation is 1. The lowest BCUT2D eigenvalue weighted by Gasteiger charge is -2.34. The fourth-order valence-electron chi connectivity index (χ4n) is 6.27. The van der Waals surface area contributed by atoms with Gasteiger partial charge in [0.25, 0.3) is 0 Å². The number of benzene rings is 1. The van der Waals surface area contributed by atoms with Crippen LogP contribution in [0.3, 0.4) is 0 Å². The van der Waals surface area contributed by atoms with Gasteiger partial charge in [-0.25, -0.2) is 14.8 Å². The summed E-state index contributed by atoms with van der Waals surface area (Å²) in [6.45, 7) is 4.95. The lowest BCUT2D eigenvalue weighted by atomic mass is 9.97. The van der Waals surface area contributed by atoms with Gasteiger partial charge in [0.15, 0.2) is 11.3 Å². The number of nitrogens with one attached hydrogen (secondary N) is 2. The smallest absolute Gasteiger partial charge is 0.319 e. The fraction of sp³-hybridized carbons (Fsp3) is 0.286. The summed E-state index contributed by atoms with van der Waals surface area (Å²) in [6.07, 6.45) is 16.2. The number of fused-ring (bicyclic) bond motifs is 3. The zero-order valence-electron chi connectivity index (χ0n) is 24.9. The minimum Gasteiger partial charge on any atom is -0.335 e. The number of carbonyl (C=O) groups excluding carboxylic acids is 1. The summed E-state index contributed by atoms with van der Waals surface area (Å²) in [5.41, 5.74) is 7.64. The van der Waals surface area contributed by atoms with E-state index in [0.717, 1.165) is 95.8 Å². The van der Waals surface area contributed by atoms with E-state index in [2.05, 4.69) is 79.2 Å². The second-order valence-corrected chi connectivity index (χ2v) is 11.7. The largest absolute Gasteiger partial charge is 0.335 e. The Kier molecular flexibility index (Phi) is 7.85. The first-order valence-electron chi connectivity index (χ1n) is 15.4. The number of piperidine rings is 1. The topological polar surface area (TPSA) is 100 Å². The molecular weight excluding hydrogens is 548 g/mol. The van der Waals surface area contributed by atoms with Crippen molar-refractivity contribution in [3.63, 3.8) is 0 Å². The molecule has 0 saturated carbocycles. The van der Waals surface area contributed by atoms with Crippen LogP contribution in [-0.4, -0.2) is 61.2 Å². The maximum Gasteiger partial charge on any atom is 0.319 e. The van der Waals surface area contributed by atoms with Crippen LogP contribution >= 0.6 is 0 Å². The lowest BCUT2D eigenvalue weighted by molar-refractivity contribution is 0.180. The van der Waals surface area contributed by atoms with Crippen molar-refractivity contribution in [2.24, 2.45) is 5.92 Å². The molecule has 0 spiro atoms. The van der Waals surface area contributed by atoms with Crippen molar-refractivity contribution >= 4 is 34.0 Å². The highest BCUT2D eigenvalue weighted by molar-refractivity contribution is 5.91. The van der Waals surface area contributed by atoms with Gasteiger partial charge in [-0.2, -0.15) is 9.61 Å². The number of hydrogen-bond donors (Lipinski definition) is 2. The van der Waals surface area contributed by atoms with Crippen LogP contribution < -0.4 is 10.6 Å². The summed E-state index contributed by atoms with van der Waals surface area (Å²) in [6, 6.07) is 18.3. The van der Waals surface area contributed by atoms with Crippen molar-refractivity contribution in [2.45, 2.75) is 38.6 Å². The van der Waals surface area contributed by atoms with Crippen LogP contribution in [0, 0.1) is 12.8 Å². The maximum absolute atomic E-state index is 12.4. The van der Waals surface area contributed by atoms with Gasteiger partial charge in [-0.3, -0.25) is 4.98 Å². The molecule has 4 aromatic heterocycles. The monoisotopic (exact) mass is 584 g/mol. The molecule has 1 unspecified atom stereocenters. The van der Waals surface area contributed by atoms with Gasteiger partial charge in [0, 0.05) is 67.0 Å². The number of anilines is 1. The van der Waals surface area contributed by atoms with Gasteiger partial charge in [0.1, 0.15) is 0 Å². The first kappa shape index (κ1) is 27.9.